The zero-order chi connectivity index (χ0) is 14.1. The van der Waals surface area contributed by atoms with Crippen molar-refractivity contribution in [2.45, 2.75) is 32.2 Å². The van der Waals surface area contributed by atoms with Crippen molar-refractivity contribution in [2.75, 3.05) is 0 Å². The van der Waals surface area contributed by atoms with E-state index in [0.29, 0.717) is 0 Å². The van der Waals surface area contributed by atoms with Crippen LogP contribution in [-0.2, 0) is 0 Å². The number of hydrogen-bond donors (Lipinski definition) is 1. The van der Waals surface area contributed by atoms with Gasteiger partial charge in [0, 0.05) is 0 Å². The lowest BCUT2D eigenvalue weighted by Crippen LogP contribution is -2.20. The Bertz CT molecular complexity index is 410. The molecular weight excluding hydrogens is 292 g/mol. The minimum Gasteiger partial charge on any atom is -0.488 e. The lowest BCUT2D eigenvalue weighted by Gasteiger charge is -2.18. The number of benzene rings is 1. The van der Waals surface area contributed by atoms with Crippen LogP contribution in [0.25, 0.3) is 0 Å². The van der Waals surface area contributed by atoms with Gasteiger partial charge < -0.3 is 9.84 Å². The number of alkyl halides is 3. The molecule has 18 heavy (non-hydrogen) atoms. The fraction of sp³-hybridized carbons (Fsp3) is 0.455. The Morgan fingerprint density at radius 2 is 1.61 bits per heavy atom. The van der Waals surface area contributed by atoms with Gasteiger partial charge >= 0.3 is 6.18 Å². The third kappa shape index (κ3) is 3.67. The van der Waals surface area contributed by atoms with E-state index in [1.54, 1.807) is 13.8 Å². The Morgan fingerprint density at radius 3 is 1.94 bits per heavy atom. The summed E-state index contributed by atoms with van der Waals surface area (Å²) < 4.78 is 42.3. The molecule has 1 aromatic rings. The molecule has 1 unspecified atom stereocenters. The van der Waals surface area contributed by atoms with Gasteiger partial charge in [-0.3, -0.25) is 0 Å². The van der Waals surface area contributed by atoms with E-state index >= 15 is 0 Å². The van der Waals surface area contributed by atoms with Crippen LogP contribution in [0.2, 0.25) is 10.0 Å². The molecule has 1 N–H and O–H groups in total. The van der Waals surface area contributed by atoms with Gasteiger partial charge in [0.2, 0.25) is 0 Å². The summed E-state index contributed by atoms with van der Waals surface area (Å²) in [7, 11) is 0. The van der Waals surface area contributed by atoms with Gasteiger partial charge in [0.15, 0.2) is 11.9 Å². The van der Waals surface area contributed by atoms with Crippen LogP contribution < -0.4 is 4.74 Å². The Balaban J connectivity index is 3.14. The molecule has 102 valence electrons. The summed E-state index contributed by atoms with van der Waals surface area (Å²) in [6, 6.07) is 1.98. The highest BCUT2D eigenvalue weighted by Gasteiger charge is 2.39. The summed E-state index contributed by atoms with van der Waals surface area (Å²) >= 11 is 11.6. The Hall–Kier alpha value is -0.650. The van der Waals surface area contributed by atoms with Gasteiger partial charge in [-0.25, -0.2) is 0 Å². The van der Waals surface area contributed by atoms with Crippen molar-refractivity contribution in [3.8, 4) is 5.75 Å². The van der Waals surface area contributed by atoms with Crippen molar-refractivity contribution in [3.63, 3.8) is 0 Å². The fourth-order valence-electron chi connectivity index (χ4n) is 1.27. The number of aliphatic hydroxyl groups excluding tert-OH is 1. The molecule has 1 atom stereocenters. The highest BCUT2D eigenvalue weighted by atomic mass is 35.5. The molecule has 0 spiro atoms. The molecule has 0 radical (unpaired) electrons. The minimum atomic E-state index is -4.77. The first-order valence-corrected chi connectivity index (χ1v) is 5.79. The van der Waals surface area contributed by atoms with E-state index in [4.69, 9.17) is 33.0 Å². The van der Waals surface area contributed by atoms with Crippen molar-refractivity contribution in [1.29, 1.82) is 0 Å². The molecule has 0 aliphatic rings. The van der Waals surface area contributed by atoms with Crippen molar-refractivity contribution < 1.29 is 23.0 Å². The number of hydrogen-bond acceptors (Lipinski definition) is 2. The van der Waals surface area contributed by atoms with Gasteiger partial charge in [0.1, 0.15) is 0 Å². The molecule has 0 saturated carbocycles. The molecule has 1 aromatic carbocycles. The van der Waals surface area contributed by atoms with Gasteiger partial charge in [-0.15, -0.1) is 0 Å². The molecule has 0 heterocycles. The van der Waals surface area contributed by atoms with Crippen LogP contribution in [0, 0.1) is 0 Å². The van der Waals surface area contributed by atoms with E-state index in [-0.39, 0.29) is 21.9 Å². The second-order valence-electron chi connectivity index (χ2n) is 3.92. The minimum absolute atomic E-state index is 0.0745. The van der Waals surface area contributed by atoms with Crippen LogP contribution in [0.4, 0.5) is 13.2 Å². The first-order valence-electron chi connectivity index (χ1n) is 5.03. The smallest absolute Gasteiger partial charge is 0.418 e. The number of rotatable bonds is 3. The maximum Gasteiger partial charge on any atom is 0.418 e. The zero-order valence-corrected chi connectivity index (χ0v) is 11.1. The topological polar surface area (TPSA) is 29.5 Å². The average molecular weight is 303 g/mol. The molecular formula is C11H11Cl2F3O2. The molecule has 0 aromatic heterocycles. The van der Waals surface area contributed by atoms with Crippen LogP contribution in [0.1, 0.15) is 25.5 Å². The third-order valence-electron chi connectivity index (χ3n) is 2.00. The van der Waals surface area contributed by atoms with Crippen LogP contribution in [0.5, 0.6) is 5.75 Å². The van der Waals surface area contributed by atoms with E-state index in [2.05, 4.69) is 0 Å². The number of halogens is 5. The van der Waals surface area contributed by atoms with Gasteiger partial charge in [-0.05, 0) is 31.5 Å². The van der Waals surface area contributed by atoms with E-state index in [0.717, 1.165) is 12.1 Å². The summed E-state index contributed by atoms with van der Waals surface area (Å²) in [5.41, 5.74) is -0.423. The molecule has 7 heteroatoms. The number of ether oxygens (including phenoxy) is 1. The second kappa shape index (κ2) is 5.55. The second-order valence-corrected chi connectivity index (χ2v) is 4.74. The highest BCUT2D eigenvalue weighted by Crippen LogP contribution is 2.40. The van der Waals surface area contributed by atoms with Crippen molar-refractivity contribution in [2.24, 2.45) is 0 Å². The zero-order valence-electron chi connectivity index (χ0n) is 9.55. The van der Waals surface area contributed by atoms with E-state index in [1.165, 1.54) is 0 Å². The van der Waals surface area contributed by atoms with Crippen LogP contribution in [0.3, 0.4) is 0 Å². The maximum atomic E-state index is 12.3. The molecule has 0 aliphatic carbocycles. The summed E-state index contributed by atoms with van der Waals surface area (Å²) in [5, 5.41) is 8.95. The first-order chi connectivity index (χ1) is 8.12. The van der Waals surface area contributed by atoms with Gasteiger partial charge in [0.25, 0.3) is 0 Å². The summed E-state index contributed by atoms with van der Waals surface area (Å²) in [5.74, 6) is 0.103. The highest BCUT2D eigenvalue weighted by molar-refractivity contribution is 6.37. The van der Waals surface area contributed by atoms with Crippen LogP contribution >= 0.6 is 23.2 Å². The van der Waals surface area contributed by atoms with Gasteiger partial charge in [-0.1, -0.05) is 23.2 Å². The van der Waals surface area contributed by atoms with E-state index in [9.17, 15) is 13.2 Å². The molecule has 0 bridgehead atoms. The molecule has 0 fully saturated rings. The van der Waals surface area contributed by atoms with Crippen molar-refractivity contribution in [1.82, 2.24) is 0 Å². The first kappa shape index (κ1) is 15.4. The Kier molecular flexibility index (Phi) is 4.75. The molecule has 2 nitrogen and oxygen atoms in total. The van der Waals surface area contributed by atoms with Crippen molar-refractivity contribution >= 4 is 23.2 Å². The monoisotopic (exact) mass is 302 g/mol. The molecule has 0 saturated heterocycles. The molecule has 0 aliphatic heterocycles. The van der Waals surface area contributed by atoms with Crippen molar-refractivity contribution in [3.05, 3.63) is 27.7 Å². The average Bonchev–Trinajstić information content (AvgIpc) is 2.20. The van der Waals surface area contributed by atoms with Gasteiger partial charge in [0.05, 0.1) is 16.1 Å². The van der Waals surface area contributed by atoms with Gasteiger partial charge in [-0.2, -0.15) is 13.2 Å². The van der Waals surface area contributed by atoms with Crippen LogP contribution in [-0.4, -0.2) is 17.4 Å². The largest absolute Gasteiger partial charge is 0.488 e. The molecule has 1 rings (SSSR count). The standard InChI is InChI=1S/C11H11Cl2F3O2/c1-5(2)18-9-7(12)3-6(4-8(9)13)10(17)11(14,15)16/h3-5,10,17H,1-2H3. The summed E-state index contributed by atoms with van der Waals surface area (Å²) in [6.45, 7) is 3.45. The predicted molar refractivity (Wildman–Crippen MR) is 63.2 cm³/mol. The van der Waals surface area contributed by atoms with Crippen LogP contribution in [0.15, 0.2) is 12.1 Å². The quantitative estimate of drug-likeness (QED) is 0.898. The normalized spacial score (nSPS) is 13.8. The third-order valence-corrected chi connectivity index (χ3v) is 2.56. The lowest BCUT2D eigenvalue weighted by atomic mass is 10.1. The SMILES string of the molecule is CC(C)Oc1c(Cl)cc(C(O)C(F)(F)F)cc1Cl. The molecule has 0 amide bonds. The Morgan fingerprint density at radius 1 is 1.17 bits per heavy atom. The Labute approximate surface area is 112 Å². The van der Waals surface area contributed by atoms with E-state index in [1.807, 2.05) is 0 Å². The number of aliphatic hydroxyl groups is 1. The fourth-order valence-corrected chi connectivity index (χ4v) is 1.87. The lowest BCUT2D eigenvalue weighted by molar-refractivity contribution is -0.206. The summed E-state index contributed by atoms with van der Waals surface area (Å²) in [4.78, 5) is 0. The maximum absolute atomic E-state index is 12.3. The van der Waals surface area contributed by atoms with E-state index < -0.39 is 17.8 Å². The summed E-state index contributed by atoms with van der Waals surface area (Å²) in [6.07, 6.45) is -7.62. The predicted octanol–water partition coefficient (Wildman–Crippen LogP) is 4.38.